The number of rotatable bonds is 5. The zero-order valence-electron chi connectivity index (χ0n) is 9.87. The second kappa shape index (κ2) is 4.12. The van der Waals surface area contributed by atoms with E-state index in [4.69, 9.17) is 4.74 Å². The van der Waals surface area contributed by atoms with E-state index >= 15 is 0 Å². The van der Waals surface area contributed by atoms with E-state index in [2.05, 4.69) is 31.2 Å². The number of methoxy groups -OCH3 is 1. The van der Waals surface area contributed by atoms with Crippen molar-refractivity contribution in [2.75, 3.05) is 19.0 Å². The van der Waals surface area contributed by atoms with Gasteiger partial charge in [-0.15, -0.1) is 0 Å². The molecule has 17 heavy (non-hydrogen) atoms. The molecule has 0 bridgehead atoms. The smallest absolute Gasteiger partial charge is 0.232 e. The summed E-state index contributed by atoms with van der Waals surface area (Å²) < 4.78 is 5.94. The van der Waals surface area contributed by atoms with Crippen LogP contribution < -0.4 is 10.1 Å². The summed E-state index contributed by atoms with van der Waals surface area (Å²) in [4.78, 5) is 8.56. The van der Waals surface area contributed by atoms with Crippen molar-refractivity contribution < 1.29 is 4.74 Å². The van der Waals surface area contributed by atoms with Crippen LogP contribution in [0.5, 0.6) is 5.88 Å². The Labute approximate surface area is 109 Å². The Hall–Kier alpha value is -0.840. The first-order chi connectivity index (χ1) is 8.23. The molecule has 1 N–H and O–H groups in total. The first-order valence-electron chi connectivity index (χ1n) is 6.04. The zero-order chi connectivity index (χ0) is 11.9. The fraction of sp³-hybridized carbons (Fsp3) is 0.667. The van der Waals surface area contributed by atoms with Gasteiger partial charge in [0.2, 0.25) is 11.8 Å². The monoisotopic (exact) mass is 297 g/mol. The lowest BCUT2D eigenvalue weighted by Gasteiger charge is -2.15. The fourth-order valence-corrected chi connectivity index (χ4v) is 2.77. The molecule has 1 heterocycles. The molecule has 0 unspecified atom stereocenters. The van der Waals surface area contributed by atoms with Crippen LogP contribution >= 0.6 is 15.9 Å². The maximum atomic E-state index is 5.16. The third-order valence-electron chi connectivity index (χ3n) is 3.84. The van der Waals surface area contributed by atoms with Crippen molar-refractivity contribution in [1.82, 2.24) is 9.97 Å². The number of aromatic nitrogens is 2. The second-order valence-corrected chi connectivity index (χ2v) is 5.90. The van der Waals surface area contributed by atoms with Crippen LogP contribution in [0, 0.1) is 11.3 Å². The highest BCUT2D eigenvalue weighted by Gasteiger charge is 2.53. The van der Waals surface area contributed by atoms with Crippen LogP contribution in [0.2, 0.25) is 0 Å². The summed E-state index contributed by atoms with van der Waals surface area (Å²) in [5, 5.41) is 3.35. The Morgan fingerprint density at radius 2 is 2.29 bits per heavy atom. The van der Waals surface area contributed by atoms with E-state index in [0.29, 0.717) is 17.2 Å². The van der Waals surface area contributed by atoms with Gasteiger partial charge in [0.25, 0.3) is 0 Å². The van der Waals surface area contributed by atoms with E-state index in [1.807, 2.05) is 0 Å². The SMILES string of the molecule is COc1nc(NCC2(C3CC3)CC2)ncc1Br. The van der Waals surface area contributed by atoms with Gasteiger partial charge in [-0.3, -0.25) is 0 Å². The van der Waals surface area contributed by atoms with Gasteiger partial charge in [0.1, 0.15) is 0 Å². The summed E-state index contributed by atoms with van der Waals surface area (Å²) in [6.07, 6.45) is 7.26. The molecule has 5 heteroatoms. The van der Waals surface area contributed by atoms with E-state index < -0.39 is 0 Å². The van der Waals surface area contributed by atoms with Gasteiger partial charge in [-0.25, -0.2) is 4.98 Å². The van der Waals surface area contributed by atoms with Crippen LogP contribution in [0.3, 0.4) is 0 Å². The van der Waals surface area contributed by atoms with Crippen LogP contribution in [0.1, 0.15) is 25.7 Å². The molecule has 2 saturated carbocycles. The standard InChI is InChI=1S/C12H16BrN3O/c1-17-10-9(13)6-14-11(16-10)15-7-12(4-5-12)8-2-3-8/h6,8H,2-5,7H2,1H3,(H,14,15,16). The predicted octanol–water partition coefficient (Wildman–Crippen LogP) is 2.85. The summed E-state index contributed by atoms with van der Waals surface area (Å²) in [6.45, 7) is 1.00. The minimum atomic E-state index is 0.559. The quantitative estimate of drug-likeness (QED) is 0.908. The molecule has 2 aliphatic carbocycles. The average Bonchev–Trinajstić information content (AvgIpc) is 3.19. The number of ether oxygens (including phenoxy) is 1. The van der Waals surface area contributed by atoms with E-state index in [0.717, 1.165) is 16.9 Å². The lowest BCUT2D eigenvalue weighted by Crippen LogP contribution is -2.18. The number of nitrogens with zero attached hydrogens (tertiary/aromatic N) is 2. The minimum absolute atomic E-state index is 0.559. The Morgan fingerprint density at radius 1 is 1.53 bits per heavy atom. The molecule has 0 radical (unpaired) electrons. The Morgan fingerprint density at radius 3 is 2.88 bits per heavy atom. The number of halogens is 1. The molecule has 0 aromatic carbocycles. The molecule has 0 amide bonds. The topological polar surface area (TPSA) is 47.0 Å². The van der Waals surface area contributed by atoms with Crippen molar-refractivity contribution in [3.05, 3.63) is 10.7 Å². The molecule has 92 valence electrons. The van der Waals surface area contributed by atoms with E-state index in [1.165, 1.54) is 25.7 Å². The maximum Gasteiger partial charge on any atom is 0.232 e. The highest BCUT2D eigenvalue weighted by atomic mass is 79.9. The van der Waals surface area contributed by atoms with Crippen molar-refractivity contribution in [1.29, 1.82) is 0 Å². The van der Waals surface area contributed by atoms with Crippen molar-refractivity contribution in [2.24, 2.45) is 11.3 Å². The summed E-state index contributed by atoms with van der Waals surface area (Å²) >= 11 is 3.35. The lowest BCUT2D eigenvalue weighted by molar-refractivity contribution is 0.394. The molecular formula is C12H16BrN3O. The van der Waals surface area contributed by atoms with E-state index in [9.17, 15) is 0 Å². The lowest BCUT2D eigenvalue weighted by atomic mass is 10.0. The predicted molar refractivity (Wildman–Crippen MR) is 69.2 cm³/mol. The summed E-state index contributed by atoms with van der Waals surface area (Å²) in [6, 6.07) is 0. The van der Waals surface area contributed by atoms with Crippen molar-refractivity contribution in [3.8, 4) is 5.88 Å². The van der Waals surface area contributed by atoms with Crippen molar-refractivity contribution >= 4 is 21.9 Å². The molecule has 3 rings (SSSR count). The fourth-order valence-electron chi connectivity index (χ4n) is 2.42. The third-order valence-corrected chi connectivity index (χ3v) is 4.38. The van der Waals surface area contributed by atoms with Crippen molar-refractivity contribution in [2.45, 2.75) is 25.7 Å². The van der Waals surface area contributed by atoms with Crippen LogP contribution in [-0.4, -0.2) is 23.6 Å². The number of nitrogens with one attached hydrogen (secondary N) is 1. The summed E-state index contributed by atoms with van der Waals surface area (Å²) in [7, 11) is 1.61. The molecular weight excluding hydrogens is 282 g/mol. The zero-order valence-corrected chi connectivity index (χ0v) is 11.5. The average molecular weight is 298 g/mol. The normalized spacial score (nSPS) is 21.1. The third kappa shape index (κ3) is 2.25. The molecule has 0 atom stereocenters. The second-order valence-electron chi connectivity index (χ2n) is 5.04. The largest absolute Gasteiger partial charge is 0.480 e. The van der Waals surface area contributed by atoms with Crippen LogP contribution in [-0.2, 0) is 0 Å². The highest BCUT2D eigenvalue weighted by Crippen LogP contribution is 2.61. The Balaban J connectivity index is 1.65. The highest BCUT2D eigenvalue weighted by molar-refractivity contribution is 9.10. The number of anilines is 1. The maximum absolute atomic E-state index is 5.16. The molecule has 0 saturated heterocycles. The van der Waals surface area contributed by atoms with Crippen molar-refractivity contribution in [3.63, 3.8) is 0 Å². The first-order valence-corrected chi connectivity index (χ1v) is 6.83. The van der Waals surface area contributed by atoms with Crippen LogP contribution in [0.25, 0.3) is 0 Å². The summed E-state index contributed by atoms with van der Waals surface area (Å²) in [5.74, 6) is 2.20. The molecule has 2 aliphatic rings. The van der Waals surface area contributed by atoms with Crippen LogP contribution in [0.4, 0.5) is 5.95 Å². The molecule has 0 spiro atoms. The molecule has 4 nitrogen and oxygen atoms in total. The molecule has 1 aromatic rings. The number of hydrogen-bond acceptors (Lipinski definition) is 4. The molecule has 2 fully saturated rings. The van der Waals surface area contributed by atoms with Gasteiger partial charge in [0.15, 0.2) is 0 Å². The van der Waals surface area contributed by atoms with Gasteiger partial charge < -0.3 is 10.1 Å². The Bertz CT molecular complexity index is 430. The van der Waals surface area contributed by atoms with E-state index in [-0.39, 0.29) is 0 Å². The molecule has 0 aliphatic heterocycles. The minimum Gasteiger partial charge on any atom is -0.480 e. The van der Waals surface area contributed by atoms with Gasteiger partial charge in [-0.2, -0.15) is 4.98 Å². The number of hydrogen-bond donors (Lipinski definition) is 1. The first kappa shape index (κ1) is 11.3. The van der Waals surface area contributed by atoms with E-state index in [1.54, 1.807) is 13.3 Å². The van der Waals surface area contributed by atoms with Gasteiger partial charge in [0.05, 0.1) is 17.8 Å². The Kier molecular flexibility index (Phi) is 2.73. The summed E-state index contributed by atoms with van der Waals surface area (Å²) in [5.41, 5.74) is 0.559. The van der Waals surface area contributed by atoms with Crippen LogP contribution in [0.15, 0.2) is 10.7 Å². The van der Waals surface area contributed by atoms with Gasteiger partial charge in [-0.1, -0.05) is 0 Å². The molecule has 1 aromatic heterocycles. The van der Waals surface area contributed by atoms with Gasteiger partial charge in [0, 0.05) is 6.54 Å². The van der Waals surface area contributed by atoms with Gasteiger partial charge >= 0.3 is 0 Å². The van der Waals surface area contributed by atoms with Gasteiger partial charge in [-0.05, 0) is 52.9 Å².